The highest BCUT2D eigenvalue weighted by molar-refractivity contribution is 5.97. The molecule has 1 aliphatic rings. The Bertz CT molecular complexity index is 961. The van der Waals surface area contributed by atoms with Crippen LogP contribution in [0.5, 0.6) is 0 Å². The Morgan fingerprint density at radius 2 is 1.88 bits per heavy atom. The van der Waals surface area contributed by atoms with Crippen molar-refractivity contribution in [1.82, 2.24) is 14.9 Å². The van der Waals surface area contributed by atoms with Crippen LogP contribution in [-0.4, -0.2) is 40.0 Å². The van der Waals surface area contributed by atoms with Crippen molar-refractivity contribution in [3.05, 3.63) is 70.1 Å². The monoisotopic (exact) mass is 337 g/mol. The van der Waals surface area contributed by atoms with Crippen LogP contribution in [0, 0.1) is 0 Å². The summed E-state index contributed by atoms with van der Waals surface area (Å²) in [4.78, 5) is 31.6. The topological polar surface area (TPSA) is 78.2 Å². The van der Waals surface area contributed by atoms with Gasteiger partial charge in [-0.2, -0.15) is 0 Å². The van der Waals surface area contributed by atoms with Gasteiger partial charge in [0.15, 0.2) is 0 Å². The van der Waals surface area contributed by atoms with Gasteiger partial charge in [0, 0.05) is 5.56 Å². The first-order valence-electron chi connectivity index (χ1n) is 8.31. The summed E-state index contributed by atoms with van der Waals surface area (Å²) >= 11 is 0. The number of amides is 1. The second-order valence-corrected chi connectivity index (χ2v) is 6.38. The molecule has 3 aromatic rings. The third-order valence-corrected chi connectivity index (χ3v) is 4.63. The Balaban J connectivity index is 1.61. The number of rotatable bonds is 2. The number of benzene rings is 2. The quantitative estimate of drug-likeness (QED) is 0.754. The number of morpholine rings is 1. The van der Waals surface area contributed by atoms with Crippen LogP contribution in [0.15, 0.2) is 53.3 Å². The molecule has 6 heteroatoms. The number of hydrogen-bond donors (Lipinski definition) is 2. The van der Waals surface area contributed by atoms with Crippen molar-refractivity contribution in [1.29, 1.82) is 0 Å². The number of ether oxygens (including phenoxy) is 1. The maximum absolute atomic E-state index is 13.0. The van der Waals surface area contributed by atoms with E-state index in [1.54, 1.807) is 18.2 Å². The highest BCUT2D eigenvalue weighted by Crippen LogP contribution is 2.26. The lowest BCUT2D eigenvalue weighted by Crippen LogP contribution is -2.48. The van der Waals surface area contributed by atoms with E-state index in [0.29, 0.717) is 29.7 Å². The van der Waals surface area contributed by atoms with Gasteiger partial charge in [-0.1, -0.05) is 30.3 Å². The van der Waals surface area contributed by atoms with E-state index < -0.39 is 0 Å². The molecule has 4 rings (SSSR count). The molecule has 1 amide bonds. The Morgan fingerprint density at radius 1 is 1.12 bits per heavy atom. The summed E-state index contributed by atoms with van der Waals surface area (Å²) in [5, 5.41) is 0. The van der Waals surface area contributed by atoms with Crippen LogP contribution >= 0.6 is 0 Å². The second-order valence-electron chi connectivity index (χ2n) is 6.38. The highest BCUT2D eigenvalue weighted by Gasteiger charge is 2.31. The van der Waals surface area contributed by atoms with E-state index in [-0.39, 0.29) is 23.7 Å². The zero-order valence-electron chi connectivity index (χ0n) is 13.9. The van der Waals surface area contributed by atoms with E-state index in [2.05, 4.69) is 9.97 Å². The van der Waals surface area contributed by atoms with Crippen LogP contribution < -0.4 is 5.69 Å². The summed E-state index contributed by atoms with van der Waals surface area (Å²) in [6, 6.07) is 15.1. The summed E-state index contributed by atoms with van der Waals surface area (Å²) in [6.45, 7) is 2.98. The van der Waals surface area contributed by atoms with Crippen molar-refractivity contribution in [2.45, 2.75) is 19.1 Å². The van der Waals surface area contributed by atoms with Crippen LogP contribution in [-0.2, 0) is 4.74 Å². The van der Waals surface area contributed by atoms with Gasteiger partial charge in [-0.15, -0.1) is 0 Å². The molecule has 25 heavy (non-hydrogen) atoms. The molecule has 0 spiro atoms. The lowest BCUT2D eigenvalue weighted by Gasteiger charge is -2.38. The van der Waals surface area contributed by atoms with Gasteiger partial charge in [-0.05, 0) is 30.7 Å². The molecule has 6 nitrogen and oxygen atoms in total. The van der Waals surface area contributed by atoms with Gasteiger partial charge in [-0.25, -0.2) is 4.79 Å². The van der Waals surface area contributed by atoms with Crippen molar-refractivity contribution in [2.24, 2.45) is 0 Å². The minimum absolute atomic E-state index is 0.00608. The van der Waals surface area contributed by atoms with Crippen molar-refractivity contribution in [2.75, 3.05) is 13.2 Å². The predicted octanol–water partition coefficient (Wildman–Crippen LogP) is 2.46. The first kappa shape index (κ1) is 15.7. The second kappa shape index (κ2) is 6.22. The number of carbonyl (C=O) groups excluding carboxylic acids is 1. The molecule has 128 valence electrons. The number of aromatic nitrogens is 2. The minimum atomic E-state index is -0.275. The molecular weight excluding hydrogens is 318 g/mol. The van der Waals surface area contributed by atoms with Gasteiger partial charge in [0.05, 0.1) is 30.2 Å². The Hall–Kier alpha value is -2.86. The molecule has 1 aromatic heterocycles. The zero-order valence-corrected chi connectivity index (χ0v) is 13.9. The zero-order chi connectivity index (χ0) is 17.4. The number of carbonyl (C=O) groups is 1. The fourth-order valence-corrected chi connectivity index (χ4v) is 3.24. The lowest BCUT2D eigenvalue weighted by molar-refractivity contribution is -0.0486. The van der Waals surface area contributed by atoms with Crippen LogP contribution in [0.4, 0.5) is 0 Å². The molecule has 1 aliphatic heterocycles. The standard InChI is InChI=1S/C19H19N3O3/c1-12-11-25-17(13-5-3-2-4-6-13)10-22(12)18(23)14-7-8-15-16(9-14)21-19(24)20-15/h2-9,12,17H,10-11H2,1H3,(H2,20,21,24)/t12-,17+/m1/s1. The predicted molar refractivity (Wildman–Crippen MR) is 94.6 cm³/mol. The van der Waals surface area contributed by atoms with E-state index in [1.165, 1.54) is 0 Å². The lowest BCUT2D eigenvalue weighted by atomic mass is 10.0. The maximum atomic E-state index is 13.0. The van der Waals surface area contributed by atoms with Gasteiger partial charge in [0.1, 0.15) is 6.10 Å². The minimum Gasteiger partial charge on any atom is -0.370 e. The Labute approximate surface area is 144 Å². The van der Waals surface area contributed by atoms with E-state index >= 15 is 0 Å². The average Bonchev–Trinajstić information content (AvgIpc) is 3.01. The van der Waals surface area contributed by atoms with Gasteiger partial charge in [-0.3, -0.25) is 4.79 Å². The molecule has 0 saturated carbocycles. The summed E-state index contributed by atoms with van der Waals surface area (Å²) in [6.07, 6.45) is -0.128. The van der Waals surface area contributed by atoms with Crippen LogP contribution in [0.25, 0.3) is 11.0 Å². The number of H-pyrrole nitrogens is 2. The van der Waals surface area contributed by atoms with E-state index in [9.17, 15) is 9.59 Å². The number of hydrogen-bond acceptors (Lipinski definition) is 3. The Morgan fingerprint density at radius 3 is 2.68 bits per heavy atom. The summed E-state index contributed by atoms with van der Waals surface area (Å²) in [7, 11) is 0. The molecule has 0 radical (unpaired) electrons. The molecule has 0 bridgehead atoms. The number of aromatic amines is 2. The van der Waals surface area contributed by atoms with E-state index in [1.807, 2.05) is 42.2 Å². The summed E-state index contributed by atoms with van der Waals surface area (Å²) in [5.41, 5.74) is 2.68. The number of fused-ring (bicyclic) bond motifs is 1. The molecule has 0 unspecified atom stereocenters. The normalized spacial score (nSPS) is 20.8. The largest absolute Gasteiger partial charge is 0.370 e. The molecular formula is C19H19N3O3. The molecule has 0 aliphatic carbocycles. The average molecular weight is 337 g/mol. The van der Waals surface area contributed by atoms with Crippen LogP contribution in [0.3, 0.4) is 0 Å². The molecule has 1 saturated heterocycles. The fraction of sp³-hybridized carbons (Fsp3) is 0.263. The van der Waals surface area contributed by atoms with Crippen molar-refractivity contribution in [3.8, 4) is 0 Å². The van der Waals surface area contributed by atoms with Crippen LogP contribution in [0.2, 0.25) is 0 Å². The number of imidazole rings is 1. The Kier molecular flexibility index (Phi) is 3.89. The van der Waals surface area contributed by atoms with Crippen LogP contribution in [0.1, 0.15) is 28.9 Å². The summed E-state index contributed by atoms with van der Waals surface area (Å²) < 4.78 is 5.92. The summed E-state index contributed by atoms with van der Waals surface area (Å²) in [5.74, 6) is -0.0549. The molecule has 2 aromatic carbocycles. The third kappa shape index (κ3) is 2.96. The molecule has 1 fully saturated rings. The SMILES string of the molecule is C[C@@H]1CO[C@H](c2ccccc2)CN1C(=O)c1ccc2[nH]c(=O)[nH]c2c1. The van der Waals surface area contributed by atoms with E-state index in [0.717, 1.165) is 5.56 Å². The molecule has 2 heterocycles. The first-order chi connectivity index (χ1) is 12.1. The van der Waals surface area contributed by atoms with Gasteiger partial charge in [0.25, 0.3) is 5.91 Å². The fourth-order valence-electron chi connectivity index (χ4n) is 3.24. The first-order valence-corrected chi connectivity index (χ1v) is 8.31. The number of nitrogens with zero attached hydrogens (tertiary/aromatic N) is 1. The van der Waals surface area contributed by atoms with Gasteiger partial charge in [0.2, 0.25) is 0 Å². The van der Waals surface area contributed by atoms with Crippen molar-refractivity contribution >= 4 is 16.9 Å². The van der Waals surface area contributed by atoms with Crippen molar-refractivity contribution in [3.63, 3.8) is 0 Å². The third-order valence-electron chi connectivity index (χ3n) is 4.63. The van der Waals surface area contributed by atoms with E-state index in [4.69, 9.17) is 4.74 Å². The van der Waals surface area contributed by atoms with Gasteiger partial charge < -0.3 is 19.6 Å². The number of nitrogens with one attached hydrogen (secondary N) is 2. The molecule has 2 atom stereocenters. The maximum Gasteiger partial charge on any atom is 0.323 e. The molecule has 2 N–H and O–H groups in total. The smallest absolute Gasteiger partial charge is 0.323 e. The van der Waals surface area contributed by atoms with Crippen molar-refractivity contribution < 1.29 is 9.53 Å². The highest BCUT2D eigenvalue weighted by atomic mass is 16.5. The van der Waals surface area contributed by atoms with Gasteiger partial charge >= 0.3 is 5.69 Å².